The Kier molecular flexibility index (Phi) is 9.17. The fourth-order valence-corrected chi connectivity index (χ4v) is 3.88. The van der Waals surface area contributed by atoms with E-state index in [-0.39, 0.29) is 24.9 Å². The molecule has 0 spiro atoms. The van der Waals surface area contributed by atoms with E-state index in [4.69, 9.17) is 21.1 Å². The molecule has 0 aliphatic carbocycles. The van der Waals surface area contributed by atoms with Crippen LogP contribution in [-0.2, 0) is 4.79 Å². The van der Waals surface area contributed by atoms with Crippen LogP contribution >= 0.6 is 35.3 Å². The number of halogens is 2. The summed E-state index contributed by atoms with van der Waals surface area (Å²) in [6.45, 7) is 1.38. The molecule has 9 heteroatoms. The molecule has 1 amide bonds. The van der Waals surface area contributed by atoms with Crippen molar-refractivity contribution in [2.75, 3.05) is 45.8 Å². The molecule has 0 saturated heterocycles. The third kappa shape index (κ3) is 6.47. The van der Waals surface area contributed by atoms with Gasteiger partial charge in [0.1, 0.15) is 11.5 Å². The number of fused-ring (bicyclic) bond motifs is 1. The van der Waals surface area contributed by atoms with Crippen molar-refractivity contribution < 1.29 is 14.3 Å². The molecule has 0 aliphatic heterocycles. The van der Waals surface area contributed by atoms with Crippen LogP contribution in [0.25, 0.3) is 10.2 Å². The molecule has 3 rings (SSSR count). The van der Waals surface area contributed by atoms with Crippen LogP contribution in [0.15, 0.2) is 42.5 Å². The number of aromatic nitrogens is 1. The summed E-state index contributed by atoms with van der Waals surface area (Å²) in [5, 5.41) is 1.29. The molecule has 0 radical (unpaired) electrons. The second-order valence-corrected chi connectivity index (χ2v) is 8.22. The van der Waals surface area contributed by atoms with Gasteiger partial charge in [-0.3, -0.25) is 9.69 Å². The number of carbonyl (C=O) groups is 1. The number of rotatable bonds is 9. The standard InChI is InChI=1S/C21H24ClN3O3S.ClH/c1-24(2)11-4-12-25(20(26)14-28-16-7-5-15(22)6-8-16)21-23-18-13-17(27-3)9-10-19(18)29-21;/h5-10,13H,4,11-12,14H2,1-3H3;1H. The Morgan fingerprint density at radius 2 is 1.80 bits per heavy atom. The zero-order valence-corrected chi connectivity index (χ0v) is 19.5. The quantitative estimate of drug-likeness (QED) is 0.452. The molecule has 1 aromatic heterocycles. The minimum atomic E-state index is -0.135. The van der Waals surface area contributed by atoms with Crippen molar-refractivity contribution in [3.05, 3.63) is 47.5 Å². The molecule has 0 saturated carbocycles. The highest BCUT2D eigenvalue weighted by Crippen LogP contribution is 2.31. The summed E-state index contributed by atoms with van der Waals surface area (Å²) in [5.41, 5.74) is 0.813. The summed E-state index contributed by atoms with van der Waals surface area (Å²) in [6.07, 6.45) is 0.832. The average Bonchev–Trinajstić information content (AvgIpc) is 3.13. The van der Waals surface area contributed by atoms with Crippen LogP contribution in [0.5, 0.6) is 11.5 Å². The summed E-state index contributed by atoms with van der Waals surface area (Å²) in [7, 11) is 5.65. The van der Waals surface area contributed by atoms with Gasteiger partial charge < -0.3 is 14.4 Å². The Bertz CT molecular complexity index is 964. The Morgan fingerprint density at radius 3 is 2.47 bits per heavy atom. The molecule has 162 valence electrons. The van der Waals surface area contributed by atoms with Gasteiger partial charge in [-0.2, -0.15) is 0 Å². The van der Waals surface area contributed by atoms with Gasteiger partial charge in [-0.15, -0.1) is 12.4 Å². The lowest BCUT2D eigenvalue weighted by atomic mass is 10.3. The Balaban J connectivity index is 0.00000320. The van der Waals surface area contributed by atoms with Crippen molar-refractivity contribution >= 4 is 56.6 Å². The Labute approximate surface area is 191 Å². The highest BCUT2D eigenvalue weighted by Gasteiger charge is 2.20. The van der Waals surface area contributed by atoms with Gasteiger partial charge in [0, 0.05) is 17.6 Å². The third-order valence-corrected chi connectivity index (χ3v) is 5.59. The molecule has 2 aromatic carbocycles. The van der Waals surface area contributed by atoms with Gasteiger partial charge in [0.15, 0.2) is 11.7 Å². The predicted molar refractivity (Wildman–Crippen MR) is 126 cm³/mol. The van der Waals surface area contributed by atoms with E-state index in [0.29, 0.717) is 22.4 Å². The van der Waals surface area contributed by atoms with Crippen LogP contribution in [-0.4, -0.2) is 56.7 Å². The molecule has 0 atom stereocenters. The Morgan fingerprint density at radius 1 is 1.10 bits per heavy atom. The van der Waals surface area contributed by atoms with Crippen molar-refractivity contribution in [3.63, 3.8) is 0 Å². The molecule has 1 heterocycles. The molecule has 0 aliphatic rings. The predicted octanol–water partition coefficient (Wildman–Crippen LogP) is 4.74. The summed E-state index contributed by atoms with van der Waals surface area (Å²) in [6, 6.07) is 12.7. The summed E-state index contributed by atoms with van der Waals surface area (Å²) in [4.78, 5) is 21.4. The van der Waals surface area contributed by atoms with Gasteiger partial charge in [0.05, 0.1) is 17.3 Å². The van der Waals surface area contributed by atoms with Crippen LogP contribution in [0, 0.1) is 0 Å². The first-order valence-electron chi connectivity index (χ1n) is 9.24. The normalized spacial score (nSPS) is 10.7. The Hall–Kier alpha value is -2.06. The third-order valence-electron chi connectivity index (χ3n) is 4.28. The lowest BCUT2D eigenvalue weighted by Gasteiger charge is -2.21. The minimum absolute atomic E-state index is 0. The van der Waals surface area contributed by atoms with Crippen molar-refractivity contribution in [1.29, 1.82) is 0 Å². The molecule has 0 unspecified atom stereocenters. The van der Waals surface area contributed by atoms with E-state index in [9.17, 15) is 4.79 Å². The number of ether oxygens (including phenoxy) is 2. The van der Waals surface area contributed by atoms with E-state index >= 15 is 0 Å². The first-order valence-corrected chi connectivity index (χ1v) is 10.4. The summed E-state index contributed by atoms with van der Waals surface area (Å²) < 4.78 is 11.9. The molecule has 0 N–H and O–H groups in total. The van der Waals surface area contributed by atoms with Gasteiger partial charge in [-0.05, 0) is 63.5 Å². The van der Waals surface area contributed by atoms with E-state index in [1.165, 1.54) is 11.3 Å². The monoisotopic (exact) mass is 469 g/mol. The fourth-order valence-electron chi connectivity index (χ4n) is 2.76. The van der Waals surface area contributed by atoms with E-state index in [1.54, 1.807) is 36.3 Å². The van der Waals surface area contributed by atoms with Crippen LogP contribution in [0.1, 0.15) is 6.42 Å². The van der Waals surface area contributed by atoms with Crippen molar-refractivity contribution in [2.45, 2.75) is 6.42 Å². The fraction of sp³-hybridized carbons (Fsp3) is 0.333. The molecule has 30 heavy (non-hydrogen) atoms. The van der Waals surface area contributed by atoms with Gasteiger partial charge in [-0.25, -0.2) is 4.98 Å². The molecule has 3 aromatic rings. The van der Waals surface area contributed by atoms with E-state index < -0.39 is 0 Å². The zero-order valence-electron chi connectivity index (χ0n) is 17.1. The number of benzene rings is 2. The molecular weight excluding hydrogens is 445 g/mol. The van der Waals surface area contributed by atoms with Gasteiger partial charge >= 0.3 is 0 Å². The molecule has 6 nitrogen and oxygen atoms in total. The zero-order chi connectivity index (χ0) is 20.8. The summed E-state index contributed by atoms with van der Waals surface area (Å²) in [5.74, 6) is 1.21. The topological polar surface area (TPSA) is 54.9 Å². The average molecular weight is 470 g/mol. The minimum Gasteiger partial charge on any atom is -0.497 e. The van der Waals surface area contributed by atoms with E-state index in [2.05, 4.69) is 9.88 Å². The van der Waals surface area contributed by atoms with Crippen LogP contribution in [0.3, 0.4) is 0 Å². The number of carbonyl (C=O) groups excluding carboxylic acids is 1. The van der Waals surface area contributed by atoms with Gasteiger partial charge in [0.25, 0.3) is 5.91 Å². The van der Waals surface area contributed by atoms with Crippen molar-refractivity contribution in [2.24, 2.45) is 0 Å². The van der Waals surface area contributed by atoms with E-state index in [0.717, 1.165) is 28.9 Å². The lowest BCUT2D eigenvalue weighted by Crippen LogP contribution is -2.36. The first kappa shape index (κ1) is 24.2. The highest BCUT2D eigenvalue weighted by atomic mass is 35.5. The second-order valence-electron chi connectivity index (χ2n) is 6.77. The molecule has 0 bridgehead atoms. The SMILES string of the molecule is COc1ccc2sc(N(CCCN(C)C)C(=O)COc3ccc(Cl)cc3)nc2c1.Cl. The number of thiazole rings is 1. The van der Waals surface area contributed by atoms with Crippen LogP contribution in [0.2, 0.25) is 5.02 Å². The number of methoxy groups -OCH3 is 1. The molecule has 0 fully saturated rings. The second kappa shape index (κ2) is 11.4. The maximum Gasteiger partial charge on any atom is 0.266 e. The maximum atomic E-state index is 13.0. The van der Waals surface area contributed by atoms with Gasteiger partial charge in [0.2, 0.25) is 0 Å². The van der Waals surface area contributed by atoms with Crippen LogP contribution in [0.4, 0.5) is 5.13 Å². The van der Waals surface area contributed by atoms with E-state index in [1.807, 2.05) is 32.3 Å². The number of hydrogen-bond donors (Lipinski definition) is 0. The molecular formula is C21H25Cl2N3O3S. The summed E-state index contributed by atoms with van der Waals surface area (Å²) >= 11 is 7.38. The maximum absolute atomic E-state index is 13.0. The number of anilines is 1. The number of amides is 1. The number of nitrogens with zero attached hydrogens (tertiary/aromatic N) is 3. The van der Waals surface area contributed by atoms with Crippen LogP contribution < -0.4 is 14.4 Å². The highest BCUT2D eigenvalue weighted by molar-refractivity contribution is 7.22. The lowest BCUT2D eigenvalue weighted by molar-refractivity contribution is -0.120. The van der Waals surface area contributed by atoms with Crippen molar-refractivity contribution in [1.82, 2.24) is 9.88 Å². The van der Waals surface area contributed by atoms with Crippen molar-refractivity contribution in [3.8, 4) is 11.5 Å². The smallest absolute Gasteiger partial charge is 0.266 e. The number of hydrogen-bond acceptors (Lipinski definition) is 6. The largest absolute Gasteiger partial charge is 0.497 e. The van der Waals surface area contributed by atoms with Gasteiger partial charge in [-0.1, -0.05) is 22.9 Å². The first-order chi connectivity index (χ1) is 14.0.